The monoisotopic (exact) mass is 303 g/mol. The first-order valence-corrected chi connectivity index (χ1v) is 6.94. The molecule has 0 radical (unpaired) electrons. The molecule has 3 rings (SSSR count). The fourth-order valence-corrected chi connectivity index (χ4v) is 3.26. The normalized spacial score (nSPS) is 10.9. The number of fused-ring (bicyclic) bond motifs is 1. The number of hydrogen-bond donors (Lipinski definition) is 1. The van der Waals surface area contributed by atoms with Gasteiger partial charge in [-0.05, 0) is 34.1 Å². The van der Waals surface area contributed by atoms with Crippen molar-refractivity contribution in [2.45, 2.75) is 9.79 Å². The van der Waals surface area contributed by atoms with Crippen LogP contribution in [-0.4, -0.2) is 4.98 Å². The predicted octanol–water partition coefficient (Wildman–Crippen LogP) is 5.08. The van der Waals surface area contributed by atoms with Crippen LogP contribution in [0.3, 0.4) is 0 Å². The molecule has 0 saturated carbocycles. The predicted molar refractivity (Wildman–Crippen MR) is 76.6 cm³/mol. The summed E-state index contributed by atoms with van der Waals surface area (Å²) in [4.78, 5) is 5.78. The maximum atomic E-state index is 3.58. The van der Waals surface area contributed by atoms with Crippen molar-refractivity contribution in [3.63, 3.8) is 0 Å². The molecule has 0 atom stereocenters. The summed E-state index contributed by atoms with van der Waals surface area (Å²) in [5.41, 5.74) is 1.18. The summed E-state index contributed by atoms with van der Waals surface area (Å²) in [6.07, 6.45) is 2.06. The van der Waals surface area contributed by atoms with E-state index < -0.39 is 0 Å². The Labute approximate surface area is 112 Å². The van der Waals surface area contributed by atoms with Crippen LogP contribution in [0.15, 0.2) is 69.0 Å². The summed E-state index contributed by atoms with van der Waals surface area (Å²) in [5, 5.41) is 1.27. The second-order valence-electron chi connectivity index (χ2n) is 3.73. The van der Waals surface area contributed by atoms with Gasteiger partial charge in [0, 0.05) is 31.4 Å². The standard InChI is InChI=1S/C14H10BrNS/c15-11-6-2-4-8-13(11)17-14-9-16-12-7-3-1-5-10(12)14/h1-9,16H. The van der Waals surface area contributed by atoms with Gasteiger partial charge in [-0.15, -0.1) is 0 Å². The second-order valence-corrected chi connectivity index (χ2v) is 5.67. The van der Waals surface area contributed by atoms with Crippen molar-refractivity contribution >= 4 is 38.6 Å². The Bertz CT molecular complexity index is 660. The first-order valence-electron chi connectivity index (χ1n) is 5.33. The van der Waals surface area contributed by atoms with E-state index >= 15 is 0 Å². The van der Waals surface area contributed by atoms with Crippen LogP contribution >= 0.6 is 27.7 Å². The van der Waals surface area contributed by atoms with Gasteiger partial charge in [0.05, 0.1) is 0 Å². The van der Waals surface area contributed by atoms with Crippen LogP contribution in [0, 0.1) is 0 Å². The molecule has 17 heavy (non-hydrogen) atoms. The maximum absolute atomic E-state index is 3.58. The topological polar surface area (TPSA) is 15.8 Å². The molecule has 1 N–H and O–H groups in total. The molecule has 84 valence electrons. The molecule has 0 aliphatic carbocycles. The number of nitrogens with one attached hydrogen (secondary N) is 1. The van der Waals surface area contributed by atoms with Crippen molar-refractivity contribution in [2.75, 3.05) is 0 Å². The minimum Gasteiger partial charge on any atom is -0.360 e. The summed E-state index contributed by atoms with van der Waals surface area (Å²) < 4.78 is 1.13. The SMILES string of the molecule is Brc1ccccc1Sc1c[nH]c2ccccc12. The Morgan fingerprint density at radius 3 is 2.53 bits per heavy atom. The van der Waals surface area contributed by atoms with E-state index in [0.717, 1.165) is 4.47 Å². The Hall–Kier alpha value is -1.19. The molecule has 0 aliphatic heterocycles. The molecule has 0 amide bonds. The van der Waals surface area contributed by atoms with Gasteiger partial charge in [0.15, 0.2) is 0 Å². The zero-order chi connectivity index (χ0) is 11.7. The van der Waals surface area contributed by atoms with Crippen molar-refractivity contribution in [2.24, 2.45) is 0 Å². The quantitative estimate of drug-likeness (QED) is 0.698. The van der Waals surface area contributed by atoms with Gasteiger partial charge < -0.3 is 4.98 Å². The lowest BCUT2D eigenvalue weighted by Gasteiger charge is -2.02. The van der Waals surface area contributed by atoms with Gasteiger partial charge >= 0.3 is 0 Å². The molecule has 0 unspecified atom stereocenters. The molecule has 0 spiro atoms. The summed E-state index contributed by atoms with van der Waals surface area (Å²) in [6.45, 7) is 0. The Morgan fingerprint density at radius 2 is 1.65 bits per heavy atom. The zero-order valence-corrected chi connectivity index (χ0v) is 11.4. The van der Waals surface area contributed by atoms with Crippen LogP contribution < -0.4 is 0 Å². The van der Waals surface area contributed by atoms with Crippen LogP contribution in [0.1, 0.15) is 0 Å². The van der Waals surface area contributed by atoms with E-state index in [1.54, 1.807) is 11.8 Å². The summed E-state index contributed by atoms with van der Waals surface area (Å²) in [5.74, 6) is 0. The Balaban J connectivity index is 2.03. The highest BCUT2D eigenvalue weighted by Crippen LogP contribution is 2.36. The molecule has 0 saturated heterocycles. The molecule has 3 heteroatoms. The Morgan fingerprint density at radius 1 is 0.882 bits per heavy atom. The smallest absolute Gasteiger partial charge is 0.0465 e. The number of aromatic nitrogens is 1. The van der Waals surface area contributed by atoms with Gasteiger partial charge in [0.1, 0.15) is 0 Å². The molecular formula is C14H10BrNS. The van der Waals surface area contributed by atoms with E-state index in [0.29, 0.717) is 0 Å². The van der Waals surface area contributed by atoms with E-state index in [2.05, 4.69) is 63.5 Å². The third-order valence-corrected chi connectivity index (χ3v) is 4.70. The third kappa shape index (κ3) is 2.13. The van der Waals surface area contributed by atoms with Gasteiger partial charge in [0.25, 0.3) is 0 Å². The second kappa shape index (κ2) is 4.59. The van der Waals surface area contributed by atoms with Gasteiger partial charge in [-0.3, -0.25) is 0 Å². The van der Waals surface area contributed by atoms with E-state index in [4.69, 9.17) is 0 Å². The number of rotatable bonds is 2. The fraction of sp³-hybridized carbons (Fsp3) is 0. The first-order chi connectivity index (χ1) is 8.34. The molecule has 1 heterocycles. The highest BCUT2D eigenvalue weighted by molar-refractivity contribution is 9.10. The minimum absolute atomic E-state index is 1.13. The van der Waals surface area contributed by atoms with Crippen molar-refractivity contribution in [3.8, 4) is 0 Å². The van der Waals surface area contributed by atoms with Crippen molar-refractivity contribution < 1.29 is 0 Å². The number of H-pyrrole nitrogens is 1. The number of benzene rings is 2. The minimum atomic E-state index is 1.13. The molecule has 2 aromatic carbocycles. The van der Waals surface area contributed by atoms with Crippen LogP contribution in [-0.2, 0) is 0 Å². The van der Waals surface area contributed by atoms with Crippen LogP contribution in [0.5, 0.6) is 0 Å². The lowest BCUT2D eigenvalue weighted by molar-refractivity contribution is 1.37. The largest absolute Gasteiger partial charge is 0.360 e. The van der Waals surface area contributed by atoms with Crippen LogP contribution in [0.25, 0.3) is 10.9 Å². The van der Waals surface area contributed by atoms with Crippen molar-refractivity contribution in [1.82, 2.24) is 4.98 Å². The number of para-hydroxylation sites is 1. The lowest BCUT2D eigenvalue weighted by Crippen LogP contribution is -1.73. The average Bonchev–Trinajstić information content (AvgIpc) is 2.76. The first kappa shape index (κ1) is 10.9. The van der Waals surface area contributed by atoms with Crippen LogP contribution in [0.2, 0.25) is 0 Å². The van der Waals surface area contributed by atoms with Crippen molar-refractivity contribution in [3.05, 3.63) is 59.2 Å². The highest BCUT2D eigenvalue weighted by atomic mass is 79.9. The van der Waals surface area contributed by atoms with Gasteiger partial charge in [-0.1, -0.05) is 42.1 Å². The van der Waals surface area contributed by atoms with E-state index in [9.17, 15) is 0 Å². The van der Waals surface area contributed by atoms with E-state index in [1.807, 2.05) is 12.1 Å². The maximum Gasteiger partial charge on any atom is 0.0465 e. The lowest BCUT2D eigenvalue weighted by atomic mass is 10.2. The molecule has 0 fully saturated rings. The van der Waals surface area contributed by atoms with Crippen molar-refractivity contribution in [1.29, 1.82) is 0 Å². The van der Waals surface area contributed by atoms with E-state index in [-0.39, 0.29) is 0 Å². The Kier molecular flexibility index (Phi) is 2.95. The number of aromatic amines is 1. The molecule has 0 bridgehead atoms. The average molecular weight is 304 g/mol. The molecular weight excluding hydrogens is 294 g/mol. The highest BCUT2D eigenvalue weighted by Gasteiger charge is 2.06. The molecule has 1 nitrogen and oxygen atoms in total. The number of halogens is 1. The summed E-state index contributed by atoms with van der Waals surface area (Å²) in [6, 6.07) is 16.6. The van der Waals surface area contributed by atoms with Gasteiger partial charge in [-0.25, -0.2) is 0 Å². The van der Waals surface area contributed by atoms with E-state index in [1.165, 1.54) is 20.7 Å². The molecule has 1 aromatic heterocycles. The molecule has 0 aliphatic rings. The van der Waals surface area contributed by atoms with Crippen LogP contribution in [0.4, 0.5) is 0 Å². The third-order valence-electron chi connectivity index (χ3n) is 2.61. The zero-order valence-electron chi connectivity index (χ0n) is 8.98. The molecule has 3 aromatic rings. The fourth-order valence-electron chi connectivity index (χ4n) is 1.78. The summed E-state index contributed by atoms with van der Waals surface area (Å²) in [7, 11) is 0. The van der Waals surface area contributed by atoms with Gasteiger partial charge in [0.2, 0.25) is 0 Å². The van der Waals surface area contributed by atoms with Gasteiger partial charge in [-0.2, -0.15) is 0 Å². The summed E-state index contributed by atoms with van der Waals surface area (Å²) >= 11 is 5.35. The number of hydrogen-bond acceptors (Lipinski definition) is 1.